The van der Waals surface area contributed by atoms with E-state index < -0.39 is 0 Å². The zero-order valence-corrected chi connectivity index (χ0v) is 12.6. The van der Waals surface area contributed by atoms with Crippen molar-refractivity contribution in [3.63, 3.8) is 0 Å². The third-order valence-corrected chi connectivity index (χ3v) is 3.28. The van der Waals surface area contributed by atoms with E-state index in [9.17, 15) is 4.79 Å². The zero-order chi connectivity index (χ0) is 15.1. The molecule has 0 aliphatic carbocycles. The number of hydrogen-bond donors (Lipinski definition) is 1. The minimum Gasteiger partial charge on any atom is -0.273 e. The number of carbonyl (C=O) groups is 1. The van der Waals surface area contributed by atoms with E-state index in [0.29, 0.717) is 11.4 Å². The first-order valence-electron chi connectivity index (χ1n) is 6.82. The smallest absolute Gasteiger partial charge is 0.244 e. The van der Waals surface area contributed by atoms with E-state index in [4.69, 9.17) is 11.6 Å². The Labute approximate surface area is 129 Å². The minimum absolute atomic E-state index is 0.141. The average molecular weight is 301 g/mol. The van der Waals surface area contributed by atoms with Crippen molar-refractivity contribution in [2.75, 3.05) is 0 Å². The number of amides is 1. The second kappa shape index (κ2) is 7.60. The maximum atomic E-state index is 11.8. The number of aryl methyl sites for hydroxylation is 1. The molecule has 0 bridgehead atoms. The van der Waals surface area contributed by atoms with Crippen molar-refractivity contribution in [1.82, 2.24) is 5.43 Å². The van der Waals surface area contributed by atoms with Crippen LogP contribution in [0.3, 0.4) is 0 Å². The fraction of sp³-hybridized carbons (Fsp3) is 0.176. The minimum atomic E-state index is -0.141. The zero-order valence-electron chi connectivity index (χ0n) is 11.8. The summed E-state index contributed by atoms with van der Waals surface area (Å²) in [5, 5.41) is 4.57. The van der Waals surface area contributed by atoms with Crippen molar-refractivity contribution >= 4 is 23.7 Å². The molecule has 0 saturated heterocycles. The van der Waals surface area contributed by atoms with Crippen LogP contribution in [0.5, 0.6) is 0 Å². The van der Waals surface area contributed by atoms with Gasteiger partial charge in [-0.2, -0.15) is 5.10 Å². The molecule has 21 heavy (non-hydrogen) atoms. The van der Waals surface area contributed by atoms with E-state index in [0.717, 1.165) is 17.5 Å². The fourth-order valence-corrected chi connectivity index (χ4v) is 2.08. The van der Waals surface area contributed by atoms with Gasteiger partial charge in [-0.3, -0.25) is 4.79 Å². The molecule has 0 spiro atoms. The van der Waals surface area contributed by atoms with Crippen molar-refractivity contribution in [1.29, 1.82) is 0 Å². The molecule has 3 nitrogen and oxygen atoms in total. The molecule has 0 aliphatic rings. The number of nitrogens with zero attached hydrogens (tertiary/aromatic N) is 1. The number of nitrogens with one attached hydrogen (secondary N) is 1. The Morgan fingerprint density at radius 2 is 1.90 bits per heavy atom. The SMILES string of the molecule is CCc1ccc(CC(=O)N/N=C\c2cccc(Cl)c2)cc1. The summed E-state index contributed by atoms with van der Waals surface area (Å²) in [5.74, 6) is -0.141. The normalized spacial score (nSPS) is 10.8. The Morgan fingerprint density at radius 3 is 2.57 bits per heavy atom. The highest BCUT2D eigenvalue weighted by molar-refractivity contribution is 6.30. The van der Waals surface area contributed by atoms with Gasteiger partial charge in [0, 0.05) is 5.02 Å². The Bertz CT molecular complexity index is 635. The van der Waals surface area contributed by atoms with Crippen LogP contribution in [0.2, 0.25) is 5.02 Å². The molecule has 108 valence electrons. The first kappa shape index (κ1) is 15.3. The van der Waals surface area contributed by atoms with Gasteiger partial charge in [0.15, 0.2) is 0 Å². The number of halogens is 1. The van der Waals surface area contributed by atoms with Crippen molar-refractivity contribution in [3.05, 3.63) is 70.2 Å². The Hall–Kier alpha value is -2.13. The lowest BCUT2D eigenvalue weighted by Crippen LogP contribution is -2.19. The van der Waals surface area contributed by atoms with Gasteiger partial charge < -0.3 is 0 Å². The average Bonchev–Trinajstić information content (AvgIpc) is 2.48. The van der Waals surface area contributed by atoms with Crippen LogP contribution in [-0.4, -0.2) is 12.1 Å². The summed E-state index contributed by atoms with van der Waals surface area (Å²) in [6.07, 6.45) is 2.89. The number of hydrazone groups is 1. The number of rotatable bonds is 5. The summed E-state index contributed by atoms with van der Waals surface area (Å²) in [6.45, 7) is 2.10. The van der Waals surface area contributed by atoms with Crippen molar-refractivity contribution in [2.45, 2.75) is 19.8 Å². The monoisotopic (exact) mass is 300 g/mol. The van der Waals surface area contributed by atoms with Gasteiger partial charge in [-0.05, 0) is 35.2 Å². The summed E-state index contributed by atoms with van der Waals surface area (Å²) >= 11 is 5.87. The quantitative estimate of drug-likeness (QED) is 0.665. The fourth-order valence-electron chi connectivity index (χ4n) is 1.88. The lowest BCUT2D eigenvalue weighted by atomic mass is 10.1. The van der Waals surface area contributed by atoms with Crippen LogP contribution >= 0.6 is 11.6 Å². The second-order valence-corrected chi connectivity index (χ2v) is 5.13. The molecule has 4 heteroatoms. The molecule has 1 N–H and O–H groups in total. The first-order chi connectivity index (χ1) is 10.2. The van der Waals surface area contributed by atoms with Crippen molar-refractivity contribution in [3.8, 4) is 0 Å². The lowest BCUT2D eigenvalue weighted by Gasteiger charge is -2.02. The topological polar surface area (TPSA) is 41.5 Å². The summed E-state index contributed by atoms with van der Waals surface area (Å²) in [7, 11) is 0. The summed E-state index contributed by atoms with van der Waals surface area (Å²) in [6, 6.07) is 15.3. The van der Waals surface area contributed by atoms with Gasteiger partial charge >= 0.3 is 0 Å². The Kier molecular flexibility index (Phi) is 5.52. The second-order valence-electron chi connectivity index (χ2n) is 4.70. The summed E-state index contributed by atoms with van der Waals surface area (Å²) in [5.41, 5.74) is 5.59. The number of benzene rings is 2. The predicted molar refractivity (Wildman–Crippen MR) is 86.7 cm³/mol. The van der Waals surface area contributed by atoms with Crippen LogP contribution < -0.4 is 5.43 Å². The number of carbonyl (C=O) groups excluding carboxylic acids is 1. The molecule has 2 aromatic rings. The first-order valence-corrected chi connectivity index (χ1v) is 7.20. The third kappa shape index (κ3) is 5.04. The van der Waals surface area contributed by atoms with Crippen molar-refractivity contribution in [2.24, 2.45) is 5.10 Å². The van der Waals surface area contributed by atoms with E-state index in [-0.39, 0.29) is 5.91 Å². The molecular weight excluding hydrogens is 284 g/mol. The molecule has 2 aromatic carbocycles. The van der Waals surface area contributed by atoms with Crippen LogP contribution in [0, 0.1) is 0 Å². The summed E-state index contributed by atoms with van der Waals surface area (Å²) in [4.78, 5) is 11.8. The number of hydrogen-bond acceptors (Lipinski definition) is 2. The van der Waals surface area contributed by atoms with E-state index >= 15 is 0 Å². The predicted octanol–water partition coefficient (Wildman–Crippen LogP) is 3.60. The van der Waals surface area contributed by atoms with Crippen LogP contribution in [0.1, 0.15) is 23.6 Å². The molecule has 0 fully saturated rings. The molecule has 0 radical (unpaired) electrons. The van der Waals surface area contributed by atoms with Gasteiger partial charge in [-0.1, -0.05) is 54.9 Å². The molecule has 0 saturated carbocycles. The largest absolute Gasteiger partial charge is 0.273 e. The van der Waals surface area contributed by atoms with Gasteiger partial charge in [-0.25, -0.2) is 5.43 Å². The maximum Gasteiger partial charge on any atom is 0.244 e. The van der Waals surface area contributed by atoms with Gasteiger partial charge in [0.2, 0.25) is 5.91 Å². The highest BCUT2D eigenvalue weighted by Gasteiger charge is 2.01. The third-order valence-electron chi connectivity index (χ3n) is 3.05. The molecule has 0 heterocycles. The van der Waals surface area contributed by atoms with Crippen LogP contribution in [0.15, 0.2) is 53.6 Å². The van der Waals surface area contributed by atoms with Crippen LogP contribution in [-0.2, 0) is 17.6 Å². The van der Waals surface area contributed by atoms with Gasteiger partial charge in [0.05, 0.1) is 12.6 Å². The van der Waals surface area contributed by atoms with E-state index in [1.807, 2.05) is 36.4 Å². The Morgan fingerprint density at radius 1 is 1.19 bits per heavy atom. The molecule has 0 atom stereocenters. The molecular formula is C17H17ClN2O. The summed E-state index contributed by atoms with van der Waals surface area (Å²) < 4.78 is 0. The van der Waals surface area contributed by atoms with E-state index in [1.54, 1.807) is 18.3 Å². The van der Waals surface area contributed by atoms with Crippen molar-refractivity contribution < 1.29 is 4.79 Å². The molecule has 1 amide bonds. The van der Waals surface area contributed by atoms with Gasteiger partial charge in [0.1, 0.15) is 0 Å². The molecule has 0 aliphatic heterocycles. The van der Waals surface area contributed by atoms with Crippen LogP contribution in [0.25, 0.3) is 0 Å². The lowest BCUT2D eigenvalue weighted by molar-refractivity contribution is -0.120. The van der Waals surface area contributed by atoms with E-state index in [1.165, 1.54) is 5.56 Å². The van der Waals surface area contributed by atoms with Crippen LogP contribution in [0.4, 0.5) is 0 Å². The van der Waals surface area contributed by atoms with Gasteiger partial charge in [-0.15, -0.1) is 0 Å². The highest BCUT2D eigenvalue weighted by Crippen LogP contribution is 2.08. The van der Waals surface area contributed by atoms with E-state index in [2.05, 4.69) is 17.5 Å². The standard InChI is InChI=1S/C17H17ClN2O/c1-2-13-6-8-14(9-7-13)11-17(21)20-19-12-15-4-3-5-16(18)10-15/h3-10,12H,2,11H2,1H3,(H,20,21)/b19-12-. The Balaban J connectivity index is 1.86. The maximum absolute atomic E-state index is 11.8. The highest BCUT2D eigenvalue weighted by atomic mass is 35.5. The molecule has 0 aromatic heterocycles. The molecule has 0 unspecified atom stereocenters. The van der Waals surface area contributed by atoms with Gasteiger partial charge in [0.25, 0.3) is 0 Å². The molecule has 2 rings (SSSR count).